The lowest BCUT2D eigenvalue weighted by Gasteiger charge is -2.08. The Morgan fingerprint density at radius 1 is 1.22 bits per heavy atom. The summed E-state index contributed by atoms with van der Waals surface area (Å²) in [7, 11) is 0. The molecule has 0 amide bonds. The lowest BCUT2D eigenvalue weighted by atomic mass is 10.1. The second kappa shape index (κ2) is 4.88. The predicted molar refractivity (Wildman–Crippen MR) is 81.7 cm³/mol. The molecular formula is C14H8ClF2N5O. The highest BCUT2D eigenvalue weighted by molar-refractivity contribution is 6.32. The van der Waals surface area contributed by atoms with Gasteiger partial charge in [-0.3, -0.25) is 9.55 Å². The quantitative estimate of drug-likeness (QED) is 0.590. The van der Waals surface area contributed by atoms with E-state index >= 15 is 0 Å². The summed E-state index contributed by atoms with van der Waals surface area (Å²) < 4.78 is 26.8. The number of aromatic nitrogens is 5. The number of halogens is 3. The number of nitrogens with zero attached hydrogens (tertiary/aromatic N) is 3. The third-order valence-corrected chi connectivity index (χ3v) is 3.80. The molecule has 23 heavy (non-hydrogen) atoms. The third-order valence-electron chi connectivity index (χ3n) is 3.53. The number of rotatable bonds is 2. The van der Waals surface area contributed by atoms with Crippen LogP contribution in [-0.2, 0) is 0 Å². The number of benzene rings is 1. The molecule has 0 spiro atoms. The van der Waals surface area contributed by atoms with E-state index in [0.29, 0.717) is 32.2 Å². The second-order valence-electron chi connectivity index (χ2n) is 4.94. The number of H-pyrrole nitrogens is 2. The Hall–Kier alpha value is -2.74. The molecule has 0 bridgehead atoms. The van der Waals surface area contributed by atoms with Gasteiger partial charge >= 0.3 is 12.2 Å². The van der Waals surface area contributed by atoms with E-state index < -0.39 is 6.55 Å². The molecule has 1 aromatic carbocycles. The first-order valence-electron chi connectivity index (χ1n) is 6.56. The lowest BCUT2D eigenvalue weighted by Crippen LogP contribution is -1.99. The monoisotopic (exact) mass is 335 g/mol. The molecule has 116 valence electrons. The van der Waals surface area contributed by atoms with E-state index in [9.17, 15) is 13.6 Å². The fraction of sp³-hybridized carbons (Fsp3) is 0.0714. The summed E-state index contributed by atoms with van der Waals surface area (Å²) in [5, 5.41) is 0.678. The van der Waals surface area contributed by atoms with Crippen LogP contribution in [0.3, 0.4) is 0 Å². The van der Waals surface area contributed by atoms with Gasteiger partial charge in [0.2, 0.25) is 0 Å². The van der Waals surface area contributed by atoms with Gasteiger partial charge in [0.25, 0.3) is 0 Å². The Bertz CT molecular complexity index is 1100. The van der Waals surface area contributed by atoms with E-state index in [1.54, 1.807) is 24.3 Å². The molecule has 6 nitrogen and oxygen atoms in total. The van der Waals surface area contributed by atoms with Gasteiger partial charge in [0.1, 0.15) is 6.33 Å². The van der Waals surface area contributed by atoms with Crippen LogP contribution < -0.4 is 5.69 Å². The highest BCUT2D eigenvalue weighted by Crippen LogP contribution is 2.32. The van der Waals surface area contributed by atoms with E-state index in [1.165, 1.54) is 0 Å². The number of nitrogens with one attached hydrogen (secondary N) is 2. The van der Waals surface area contributed by atoms with Crippen molar-refractivity contribution in [3.05, 3.63) is 46.2 Å². The fourth-order valence-corrected chi connectivity index (χ4v) is 2.78. The maximum Gasteiger partial charge on any atom is 0.325 e. The average molecular weight is 336 g/mol. The molecule has 0 fully saturated rings. The zero-order valence-corrected chi connectivity index (χ0v) is 12.1. The highest BCUT2D eigenvalue weighted by Gasteiger charge is 2.18. The van der Waals surface area contributed by atoms with Crippen LogP contribution in [0, 0.1) is 0 Å². The molecule has 2 N–H and O–H groups in total. The van der Waals surface area contributed by atoms with Crippen LogP contribution in [0.5, 0.6) is 0 Å². The van der Waals surface area contributed by atoms with Crippen molar-refractivity contribution in [2.75, 3.05) is 0 Å². The molecule has 9 heteroatoms. The van der Waals surface area contributed by atoms with Crippen LogP contribution in [0.1, 0.15) is 6.55 Å². The van der Waals surface area contributed by atoms with Crippen LogP contribution >= 0.6 is 11.6 Å². The van der Waals surface area contributed by atoms with Crippen molar-refractivity contribution in [1.29, 1.82) is 0 Å². The van der Waals surface area contributed by atoms with Gasteiger partial charge in [-0.05, 0) is 18.2 Å². The van der Waals surface area contributed by atoms with E-state index in [-0.39, 0.29) is 16.5 Å². The number of pyridine rings is 1. The maximum absolute atomic E-state index is 13.1. The smallest absolute Gasteiger partial charge is 0.304 e. The zero-order valence-electron chi connectivity index (χ0n) is 11.3. The number of alkyl halides is 2. The molecule has 3 aromatic heterocycles. The minimum Gasteiger partial charge on any atom is -0.304 e. The Kier molecular flexibility index (Phi) is 2.95. The van der Waals surface area contributed by atoms with Crippen LogP contribution in [0.2, 0.25) is 5.15 Å². The summed E-state index contributed by atoms with van der Waals surface area (Å²) in [6.07, 6.45) is 0.998. The van der Waals surface area contributed by atoms with Crippen molar-refractivity contribution >= 4 is 33.7 Å². The van der Waals surface area contributed by atoms with Crippen molar-refractivity contribution < 1.29 is 8.78 Å². The summed E-state index contributed by atoms with van der Waals surface area (Å²) in [4.78, 5) is 24.5. The van der Waals surface area contributed by atoms with E-state index in [0.717, 1.165) is 6.33 Å². The predicted octanol–water partition coefficient (Wildman–Crippen LogP) is 3.32. The summed E-state index contributed by atoms with van der Waals surface area (Å²) in [5.41, 5.74) is 1.85. The summed E-state index contributed by atoms with van der Waals surface area (Å²) in [5.74, 6) is 0. The van der Waals surface area contributed by atoms with Crippen molar-refractivity contribution in [3.8, 4) is 11.3 Å². The lowest BCUT2D eigenvalue weighted by molar-refractivity contribution is 0.0719. The van der Waals surface area contributed by atoms with Crippen molar-refractivity contribution in [2.24, 2.45) is 0 Å². The van der Waals surface area contributed by atoms with Crippen LogP contribution in [0.15, 0.2) is 35.4 Å². The molecule has 0 saturated carbocycles. The molecule has 0 atom stereocenters. The van der Waals surface area contributed by atoms with Gasteiger partial charge in [-0.2, -0.15) is 8.78 Å². The van der Waals surface area contributed by atoms with Gasteiger partial charge in [-0.25, -0.2) is 14.8 Å². The minimum atomic E-state index is -2.75. The first kappa shape index (κ1) is 13.9. The molecule has 0 aliphatic carbocycles. The number of hydrogen-bond donors (Lipinski definition) is 2. The number of hydrogen-bond acceptors (Lipinski definition) is 3. The molecule has 3 heterocycles. The van der Waals surface area contributed by atoms with Gasteiger partial charge in [-0.15, -0.1) is 0 Å². The topological polar surface area (TPSA) is 79.4 Å². The van der Waals surface area contributed by atoms with E-state index in [4.69, 9.17) is 11.6 Å². The fourth-order valence-electron chi connectivity index (χ4n) is 2.53. The summed E-state index contributed by atoms with van der Waals surface area (Å²) >= 11 is 5.94. The Morgan fingerprint density at radius 3 is 2.83 bits per heavy atom. The van der Waals surface area contributed by atoms with Gasteiger partial charge in [-0.1, -0.05) is 17.7 Å². The van der Waals surface area contributed by atoms with Gasteiger partial charge in [0, 0.05) is 10.9 Å². The van der Waals surface area contributed by atoms with Crippen LogP contribution in [-0.4, -0.2) is 24.5 Å². The SMILES string of the molecule is O=c1[nH]c2cc3cc(-c4c(Cl)ncn4C(F)F)ccc3nc2[nH]1. The molecule has 0 aliphatic rings. The third kappa shape index (κ3) is 2.18. The molecule has 4 aromatic rings. The Balaban J connectivity index is 1.97. The van der Waals surface area contributed by atoms with Crippen LogP contribution in [0.4, 0.5) is 8.78 Å². The standard InChI is InChI=1S/C14H8ClF2N5O/c15-11-10(22(5-18-11)13(16)17)6-1-2-8-7(3-6)4-9-12(19-8)21-14(23)20-9/h1-5,13H,(H2,19,20,21,23). The number of imidazole rings is 2. The van der Waals surface area contributed by atoms with E-state index in [2.05, 4.69) is 19.9 Å². The zero-order chi connectivity index (χ0) is 16.1. The van der Waals surface area contributed by atoms with Gasteiger partial charge < -0.3 is 4.98 Å². The minimum absolute atomic E-state index is 0.00580. The van der Waals surface area contributed by atoms with Crippen molar-refractivity contribution in [2.45, 2.75) is 6.55 Å². The highest BCUT2D eigenvalue weighted by atomic mass is 35.5. The first-order chi connectivity index (χ1) is 11.0. The summed E-state index contributed by atoms with van der Waals surface area (Å²) in [6.45, 7) is -2.75. The van der Waals surface area contributed by atoms with Gasteiger partial charge in [0.15, 0.2) is 10.8 Å². The van der Waals surface area contributed by atoms with E-state index in [1.807, 2.05) is 0 Å². The molecule has 0 aliphatic heterocycles. The van der Waals surface area contributed by atoms with Gasteiger partial charge in [0.05, 0.1) is 16.7 Å². The van der Waals surface area contributed by atoms with Crippen molar-refractivity contribution in [3.63, 3.8) is 0 Å². The largest absolute Gasteiger partial charge is 0.325 e. The Labute approximate surface area is 131 Å². The maximum atomic E-state index is 13.1. The Morgan fingerprint density at radius 2 is 2.04 bits per heavy atom. The first-order valence-corrected chi connectivity index (χ1v) is 6.94. The average Bonchev–Trinajstić information content (AvgIpc) is 3.05. The second-order valence-corrected chi connectivity index (χ2v) is 5.30. The molecule has 4 rings (SSSR count). The number of aromatic amines is 2. The summed E-state index contributed by atoms with van der Waals surface area (Å²) in [6, 6.07) is 6.70. The molecule has 0 unspecified atom stereocenters. The number of fused-ring (bicyclic) bond motifs is 2. The van der Waals surface area contributed by atoms with Crippen LogP contribution in [0.25, 0.3) is 33.3 Å². The molecule has 0 saturated heterocycles. The van der Waals surface area contributed by atoms with Crippen molar-refractivity contribution in [1.82, 2.24) is 24.5 Å². The molecule has 0 radical (unpaired) electrons. The molecular weight excluding hydrogens is 328 g/mol. The normalized spacial score (nSPS) is 11.8.